The summed E-state index contributed by atoms with van der Waals surface area (Å²) in [6.07, 6.45) is 1.69. The highest BCUT2D eigenvalue weighted by Crippen LogP contribution is 2.19. The van der Waals surface area contributed by atoms with Gasteiger partial charge in [0.2, 0.25) is 5.43 Å². The highest BCUT2D eigenvalue weighted by molar-refractivity contribution is 5.98. The Balaban J connectivity index is 2.48. The van der Waals surface area contributed by atoms with Gasteiger partial charge in [-0.25, -0.2) is 13.2 Å². The third kappa shape index (κ3) is 5.89. The zero-order chi connectivity index (χ0) is 25.7. The predicted octanol–water partition coefficient (Wildman–Crippen LogP) is 3.11. The van der Waals surface area contributed by atoms with E-state index in [1.807, 2.05) is 6.92 Å². The van der Waals surface area contributed by atoms with Gasteiger partial charge in [0.1, 0.15) is 23.0 Å². The largest absolute Gasteiger partial charge is 0.502 e. The minimum atomic E-state index is -1.20. The van der Waals surface area contributed by atoms with Crippen molar-refractivity contribution in [2.45, 2.75) is 59.7 Å². The van der Waals surface area contributed by atoms with Gasteiger partial charge < -0.3 is 20.7 Å². The first kappa shape index (κ1) is 26.7. The van der Waals surface area contributed by atoms with Crippen LogP contribution in [0.3, 0.4) is 0 Å². The SMILES string of the molecule is CCCN(C(=O)c1c(O)c(=O)c(C(=O)NCc2c(F)cc(F)cc2F)cn1NC(C)C)C(C)C. The molecule has 8 nitrogen and oxygen atoms in total. The summed E-state index contributed by atoms with van der Waals surface area (Å²) in [5.41, 5.74) is 0.261. The number of hydrogen-bond donors (Lipinski definition) is 3. The Morgan fingerprint density at radius 1 is 1.12 bits per heavy atom. The van der Waals surface area contributed by atoms with E-state index >= 15 is 0 Å². The molecule has 0 bridgehead atoms. The van der Waals surface area contributed by atoms with Crippen molar-refractivity contribution >= 4 is 11.8 Å². The summed E-state index contributed by atoms with van der Waals surface area (Å²) in [6, 6.07) is 0.448. The van der Waals surface area contributed by atoms with Crippen LogP contribution in [0, 0.1) is 17.5 Å². The van der Waals surface area contributed by atoms with Crippen LogP contribution in [0.5, 0.6) is 5.75 Å². The molecule has 0 saturated heterocycles. The third-order valence-electron chi connectivity index (χ3n) is 4.91. The molecule has 1 heterocycles. The van der Waals surface area contributed by atoms with Gasteiger partial charge in [0.05, 0.1) is 0 Å². The molecule has 0 saturated carbocycles. The maximum Gasteiger partial charge on any atom is 0.276 e. The maximum absolute atomic E-state index is 13.9. The highest BCUT2D eigenvalue weighted by atomic mass is 19.1. The molecule has 0 fully saturated rings. The number of aromatic hydroxyl groups is 1. The van der Waals surface area contributed by atoms with Crippen molar-refractivity contribution in [2.24, 2.45) is 0 Å². The summed E-state index contributed by atoms with van der Waals surface area (Å²) in [6.45, 7) is 8.65. The number of pyridine rings is 1. The van der Waals surface area contributed by atoms with Gasteiger partial charge in [-0.2, -0.15) is 0 Å². The maximum atomic E-state index is 13.9. The summed E-state index contributed by atoms with van der Waals surface area (Å²) in [5.74, 6) is -6.11. The second kappa shape index (κ2) is 11.1. The van der Waals surface area contributed by atoms with Gasteiger partial charge in [0.15, 0.2) is 11.4 Å². The Hall–Kier alpha value is -3.50. The minimum Gasteiger partial charge on any atom is -0.502 e. The first-order valence-electron chi connectivity index (χ1n) is 10.9. The van der Waals surface area contributed by atoms with Gasteiger partial charge in [-0.3, -0.25) is 19.1 Å². The van der Waals surface area contributed by atoms with Gasteiger partial charge in [0, 0.05) is 49.1 Å². The number of halogens is 3. The van der Waals surface area contributed by atoms with E-state index in [-0.39, 0.29) is 17.8 Å². The van der Waals surface area contributed by atoms with E-state index < -0.39 is 58.1 Å². The van der Waals surface area contributed by atoms with Crippen LogP contribution in [0.25, 0.3) is 0 Å². The van der Waals surface area contributed by atoms with Crippen LogP contribution in [-0.2, 0) is 6.54 Å². The van der Waals surface area contributed by atoms with Gasteiger partial charge in [-0.05, 0) is 34.1 Å². The number of aromatic nitrogens is 1. The number of nitrogens with zero attached hydrogens (tertiary/aromatic N) is 2. The van der Waals surface area contributed by atoms with Crippen LogP contribution in [0.1, 0.15) is 67.4 Å². The summed E-state index contributed by atoms with van der Waals surface area (Å²) in [7, 11) is 0. The number of carbonyl (C=O) groups is 2. The van der Waals surface area contributed by atoms with Crippen molar-refractivity contribution in [3.8, 4) is 5.75 Å². The molecule has 0 atom stereocenters. The fourth-order valence-electron chi connectivity index (χ4n) is 3.32. The topological polar surface area (TPSA) is 104 Å². The zero-order valence-electron chi connectivity index (χ0n) is 19.7. The Morgan fingerprint density at radius 3 is 2.21 bits per heavy atom. The molecule has 0 aliphatic carbocycles. The van der Waals surface area contributed by atoms with Gasteiger partial charge >= 0.3 is 0 Å². The van der Waals surface area contributed by atoms with Crippen LogP contribution in [0.2, 0.25) is 0 Å². The Morgan fingerprint density at radius 2 is 1.71 bits per heavy atom. The van der Waals surface area contributed by atoms with E-state index in [9.17, 15) is 32.7 Å². The normalized spacial score (nSPS) is 11.1. The first-order chi connectivity index (χ1) is 15.9. The molecule has 0 unspecified atom stereocenters. The lowest BCUT2D eigenvalue weighted by Crippen LogP contribution is -2.42. The Bertz CT molecular complexity index is 1110. The second-order valence-corrected chi connectivity index (χ2v) is 8.35. The molecule has 34 heavy (non-hydrogen) atoms. The first-order valence-corrected chi connectivity index (χ1v) is 10.9. The van der Waals surface area contributed by atoms with E-state index in [2.05, 4.69) is 10.7 Å². The van der Waals surface area contributed by atoms with Gasteiger partial charge in [0.25, 0.3) is 11.8 Å². The molecule has 1 aromatic heterocycles. The van der Waals surface area contributed by atoms with Crippen molar-refractivity contribution in [1.82, 2.24) is 14.9 Å². The molecule has 2 amide bonds. The third-order valence-corrected chi connectivity index (χ3v) is 4.91. The Labute approximate surface area is 195 Å². The predicted molar refractivity (Wildman–Crippen MR) is 121 cm³/mol. The monoisotopic (exact) mass is 482 g/mol. The van der Waals surface area contributed by atoms with E-state index in [1.54, 1.807) is 27.7 Å². The summed E-state index contributed by atoms with van der Waals surface area (Å²) in [5, 5.41) is 12.8. The summed E-state index contributed by atoms with van der Waals surface area (Å²) in [4.78, 5) is 40.1. The summed E-state index contributed by atoms with van der Waals surface area (Å²) >= 11 is 0. The highest BCUT2D eigenvalue weighted by Gasteiger charge is 2.29. The van der Waals surface area contributed by atoms with Crippen molar-refractivity contribution in [2.75, 3.05) is 12.0 Å². The number of hydrogen-bond acceptors (Lipinski definition) is 5. The van der Waals surface area contributed by atoms with Crippen molar-refractivity contribution < 1.29 is 27.9 Å². The average molecular weight is 483 g/mol. The molecule has 0 spiro atoms. The zero-order valence-corrected chi connectivity index (χ0v) is 19.7. The molecular formula is C23H29F3N4O4. The lowest BCUT2D eigenvalue weighted by molar-refractivity contribution is 0.0690. The van der Waals surface area contributed by atoms with Crippen molar-refractivity contribution in [1.29, 1.82) is 0 Å². The van der Waals surface area contributed by atoms with Gasteiger partial charge in [-0.15, -0.1) is 0 Å². The lowest BCUT2D eigenvalue weighted by Gasteiger charge is -2.28. The smallest absolute Gasteiger partial charge is 0.276 e. The van der Waals surface area contributed by atoms with E-state index in [0.717, 1.165) is 10.9 Å². The van der Waals surface area contributed by atoms with E-state index in [0.29, 0.717) is 25.1 Å². The van der Waals surface area contributed by atoms with Crippen molar-refractivity contribution in [3.63, 3.8) is 0 Å². The minimum absolute atomic E-state index is 0.224. The second-order valence-electron chi connectivity index (χ2n) is 8.35. The van der Waals surface area contributed by atoms with Crippen LogP contribution in [-0.4, -0.2) is 45.1 Å². The standard InChI is InChI=1S/C23H29F3N4O4/c1-6-7-29(13(4)5)23(34)19-21(32)20(31)16(11-30(19)28-12(2)3)22(33)27-10-15-17(25)8-14(24)9-18(15)26/h8-9,11-13,28,32H,6-7,10H2,1-5H3,(H,27,33). The molecular weight excluding hydrogens is 453 g/mol. The van der Waals surface area contributed by atoms with E-state index in [4.69, 9.17) is 0 Å². The molecule has 0 aliphatic heterocycles. The molecule has 11 heteroatoms. The van der Waals surface area contributed by atoms with Crippen LogP contribution in [0.15, 0.2) is 23.1 Å². The van der Waals surface area contributed by atoms with E-state index in [1.165, 1.54) is 4.90 Å². The number of benzene rings is 1. The molecule has 0 radical (unpaired) electrons. The number of amides is 2. The average Bonchev–Trinajstić information content (AvgIpc) is 2.72. The van der Waals surface area contributed by atoms with Crippen molar-refractivity contribution in [3.05, 3.63) is 62.8 Å². The fourth-order valence-corrected chi connectivity index (χ4v) is 3.32. The molecule has 2 aromatic rings. The number of carbonyl (C=O) groups excluding carboxylic acids is 2. The van der Waals surface area contributed by atoms with Crippen LogP contribution >= 0.6 is 0 Å². The summed E-state index contributed by atoms with van der Waals surface area (Å²) < 4.78 is 41.9. The molecule has 3 N–H and O–H groups in total. The van der Waals surface area contributed by atoms with Crippen LogP contribution in [0.4, 0.5) is 13.2 Å². The molecule has 0 aliphatic rings. The number of rotatable bonds is 9. The molecule has 1 aromatic carbocycles. The Kier molecular flexibility index (Phi) is 8.72. The molecule has 2 rings (SSSR count). The fraction of sp³-hybridized carbons (Fsp3) is 0.435. The van der Waals surface area contributed by atoms with Crippen LogP contribution < -0.4 is 16.2 Å². The molecule has 186 valence electrons. The quantitative estimate of drug-likeness (QED) is 0.510. The lowest BCUT2D eigenvalue weighted by atomic mass is 10.1. The number of nitrogens with one attached hydrogen (secondary N) is 2. The van der Waals surface area contributed by atoms with Gasteiger partial charge in [-0.1, -0.05) is 6.92 Å².